The molecule has 1 rings (SSSR count). The Morgan fingerprint density at radius 3 is 2.44 bits per heavy atom. The first kappa shape index (κ1) is 15.4. The molecule has 0 saturated carbocycles. The second-order valence-corrected chi connectivity index (χ2v) is 6.05. The minimum absolute atomic E-state index is 0.00391. The lowest BCUT2D eigenvalue weighted by Gasteiger charge is -2.32. The van der Waals surface area contributed by atoms with Crippen LogP contribution in [-0.2, 0) is 9.53 Å². The molecule has 0 spiro atoms. The summed E-state index contributed by atoms with van der Waals surface area (Å²) in [6.45, 7) is 8.50. The smallest absolute Gasteiger partial charge is 0.220 e. The van der Waals surface area contributed by atoms with Crippen LogP contribution in [-0.4, -0.2) is 53.9 Å². The predicted octanol–water partition coefficient (Wildman–Crippen LogP) is 0.360. The highest BCUT2D eigenvalue weighted by molar-refractivity contribution is 5.76. The van der Waals surface area contributed by atoms with Gasteiger partial charge in [0.05, 0.1) is 18.3 Å². The molecular formula is C13H26N2O3. The van der Waals surface area contributed by atoms with Gasteiger partial charge in [0.1, 0.15) is 0 Å². The van der Waals surface area contributed by atoms with Crippen molar-refractivity contribution in [1.29, 1.82) is 0 Å². The van der Waals surface area contributed by atoms with Gasteiger partial charge in [0.25, 0.3) is 0 Å². The van der Waals surface area contributed by atoms with Crippen LogP contribution < -0.4 is 5.73 Å². The van der Waals surface area contributed by atoms with Crippen molar-refractivity contribution in [2.45, 2.75) is 45.3 Å². The molecule has 1 fully saturated rings. The zero-order valence-electron chi connectivity index (χ0n) is 11.7. The molecule has 1 atom stereocenters. The quantitative estimate of drug-likeness (QED) is 0.746. The van der Waals surface area contributed by atoms with E-state index in [0.29, 0.717) is 13.2 Å². The fourth-order valence-electron chi connectivity index (χ4n) is 2.10. The first-order valence-corrected chi connectivity index (χ1v) is 6.61. The number of aliphatic hydroxyl groups excluding tert-OH is 1. The molecule has 1 unspecified atom stereocenters. The summed E-state index contributed by atoms with van der Waals surface area (Å²) in [7, 11) is 0. The second kappa shape index (κ2) is 6.50. The summed E-state index contributed by atoms with van der Waals surface area (Å²) in [5, 5.41) is 9.88. The van der Waals surface area contributed by atoms with E-state index in [4.69, 9.17) is 10.5 Å². The third kappa shape index (κ3) is 5.80. The standard InChI is InChI=1S/C13H26N2O3/c1-13(2,3)18-9-11(16)8-15-6-4-10(5-7-15)12(14)17/h10-11,16H,4-9H2,1-3H3,(H2,14,17). The van der Waals surface area contributed by atoms with Gasteiger partial charge in [-0.2, -0.15) is 0 Å². The molecule has 0 aliphatic carbocycles. The van der Waals surface area contributed by atoms with Gasteiger partial charge in [-0.1, -0.05) is 0 Å². The van der Waals surface area contributed by atoms with Crippen LogP contribution in [0.4, 0.5) is 0 Å². The highest BCUT2D eigenvalue weighted by Crippen LogP contribution is 2.17. The van der Waals surface area contributed by atoms with E-state index < -0.39 is 6.10 Å². The van der Waals surface area contributed by atoms with Gasteiger partial charge in [0.15, 0.2) is 0 Å². The van der Waals surface area contributed by atoms with Crippen molar-refractivity contribution in [2.24, 2.45) is 11.7 Å². The number of carbonyl (C=O) groups excluding carboxylic acids is 1. The van der Waals surface area contributed by atoms with Gasteiger partial charge >= 0.3 is 0 Å². The van der Waals surface area contributed by atoms with Crippen molar-refractivity contribution < 1.29 is 14.6 Å². The Bertz CT molecular complexity index is 268. The molecule has 1 amide bonds. The summed E-state index contributed by atoms with van der Waals surface area (Å²) in [6.07, 6.45) is 1.11. The number of aliphatic hydroxyl groups is 1. The third-order valence-electron chi connectivity index (χ3n) is 3.17. The van der Waals surface area contributed by atoms with Crippen LogP contribution in [0.25, 0.3) is 0 Å². The molecule has 0 aromatic heterocycles. The van der Waals surface area contributed by atoms with Gasteiger partial charge in [-0.25, -0.2) is 0 Å². The molecule has 1 heterocycles. The summed E-state index contributed by atoms with van der Waals surface area (Å²) in [5.74, 6) is -0.199. The molecule has 3 N–H and O–H groups in total. The van der Waals surface area contributed by atoms with Gasteiger partial charge < -0.3 is 20.5 Å². The van der Waals surface area contributed by atoms with Crippen molar-refractivity contribution >= 4 is 5.91 Å². The highest BCUT2D eigenvalue weighted by Gasteiger charge is 2.24. The topological polar surface area (TPSA) is 75.8 Å². The van der Waals surface area contributed by atoms with Crippen molar-refractivity contribution in [2.75, 3.05) is 26.2 Å². The fourth-order valence-corrected chi connectivity index (χ4v) is 2.10. The molecule has 0 aromatic rings. The van der Waals surface area contributed by atoms with Crippen molar-refractivity contribution in [3.05, 3.63) is 0 Å². The summed E-state index contributed by atoms with van der Waals surface area (Å²) in [6, 6.07) is 0. The van der Waals surface area contributed by atoms with Gasteiger partial charge in [-0.3, -0.25) is 4.79 Å². The Kier molecular flexibility index (Phi) is 5.56. The number of nitrogens with zero attached hydrogens (tertiary/aromatic N) is 1. The van der Waals surface area contributed by atoms with Crippen LogP contribution in [0.1, 0.15) is 33.6 Å². The normalized spacial score (nSPS) is 20.9. The number of nitrogens with two attached hydrogens (primary N) is 1. The molecular weight excluding hydrogens is 232 g/mol. The molecule has 5 heteroatoms. The minimum atomic E-state index is -0.477. The molecule has 18 heavy (non-hydrogen) atoms. The van der Waals surface area contributed by atoms with Crippen LogP contribution in [0, 0.1) is 5.92 Å². The fraction of sp³-hybridized carbons (Fsp3) is 0.923. The number of carbonyl (C=O) groups is 1. The maximum atomic E-state index is 11.0. The Balaban J connectivity index is 2.22. The average molecular weight is 258 g/mol. The molecule has 106 valence electrons. The summed E-state index contributed by atoms with van der Waals surface area (Å²) >= 11 is 0. The number of hydrogen-bond donors (Lipinski definition) is 2. The average Bonchev–Trinajstić information content (AvgIpc) is 2.26. The van der Waals surface area contributed by atoms with Crippen LogP contribution in [0.5, 0.6) is 0 Å². The summed E-state index contributed by atoms with van der Waals surface area (Å²) in [4.78, 5) is 13.2. The highest BCUT2D eigenvalue weighted by atomic mass is 16.5. The number of ether oxygens (including phenoxy) is 1. The molecule has 0 radical (unpaired) electrons. The van der Waals surface area contributed by atoms with E-state index in [1.54, 1.807) is 0 Å². The first-order chi connectivity index (χ1) is 8.28. The van der Waals surface area contributed by atoms with Crippen molar-refractivity contribution in [3.8, 4) is 0 Å². The number of β-amino-alcohol motifs (C(OH)–C–C–N with tert-alkyl or cyclic N) is 1. The second-order valence-electron chi connectivity index (χ2n) is 6.05. The third-order valence-corrected chi connectivity index (χ3v) is 3.17. The first-order valence-electron chi connectivity index (χ1n) is 6.61. The number of amides is 1. The van der Waals surface area contributed by atoms with Crippen molar-refractivity contribution in [1.82, 2.24) is 4.90 Å². The largest absolute Gasteiger partial charge is 0.389 e. The zero-order chi connectivity index (χ0) is 13.8. The number of likely N-dealkylation sites (tertiary alicyclic amines) is 1. The maximum absolute atomic E-state index is 11.0. The van der Waals surface area contributed by atoms with E-state index in [2.05, 4.69) is 4.90 Å². The van der Waals surface area contributed by atoms with E-state index in [0.717, 1.165) is 25.9 Å². The van der Waals surface area contributed by atoms with Crippen LogP contribution >= 0.6 is 0 Å². The van der Waals surface area contributed by atoms with E-state index in [1.165, 1.54) is 0 Å². The van der Waals surface area contributed by atoms with Crippen LogP contribution in [0.3, 0.4) is 0 Å². The lowest BCUT2D eigenvalue weighted by molar-refractivity contribution is -0.123. The van der Waals surface area contributed by atoms with E-state index in [1.807, 2.05) is 20.8 Å². The Labute approximate surface area is 109 Å². The van der Waals surface area contributed by atoms with Gasteiger partial charge in [0.2, 0.25) is 5.91 Å². The van der Waals surface area contributed by atoms with E-state index in [9.17, 15) is 9.90 Å². The predicted molar refractivity (Wildman–Crippen MR) is 70.1 cm³/mol. The van der Waals surface area contributed by atoms with Crippen LogP contribution in [0.15, 0.2) is 0 Å². The number of hydrogen-bond acceptors (Lipinski definition) is 4. The van der Waals surface area contributed by atoms with E-state index in [-0.39, 0.29) is 17.4 Å². The number of piperidine rings is 1. The monoisotopic (exact) mass is 258 g/mol. The maximum Gasteiger partial charge on any atom is 0.220 e. The molecule has 0 bridgehead atoms. The summed E-state index contributed by atoms with van der Waals surface area (Å²) in [5.41, 5.74) is 5.06. The molecule has 1 aliphatic heterocycles. The lowest BCUT2D eigenvalue weighted by atomic mass is 9.96. The Morgan fingerprint density at radius 1 is 1.44 bits per heavy atom. The van der Waals surface area contributed by atoms with Crippen molar-refractivity contribution in [3.63, 3.8) is 0 Å². The number of rotatable bonds is 5. The van der Waals surface area contributed by atoms with E-state index >= 15 is 0 Å². The molecule has 1 aliphatic rings. The lowest BCUT2D eigenvalue weighted by Crippen LogP contribution is -2.43. The Hall–Kier alpha value is -0.650. The van der Waals surface area contributed by atoms with Gasteiger partial charge in [-0.15, -0.1) is 0 Å². The van der Waals surface area contributed by atoms with Gasteiger partial charge in [0, 0.05) is 12.5 Å². The van der Waals surface area contributed by atoms with Crippen LogP contribution in [0.2, 0.25) is 0 Å². The number of primary amides is 1. The minimum Gasteiger partial charge on any atom is -0.389 e. The molecule has 0 aromatic carbocycles. The molecule has 5 nitrogen and oxygen atoms in total. The SMILES string of the molecule is CC(C)(C)OCC(O)CN1CCC(C(N)=O)CC1. The Morgan fingerprint density at radius 2 is 2.00 bits per heavy atom. The van der Waals surface area contributed by atoms with Gasteiger partial charge in [-0.05, 0) is 46.7 Å². The zero-order valence-corrected chi connectivity index (χ0v) is 11.7. The summed E-state index contributed by atoms with van der Waals surface area (Å²) < 4.78 is 5.54. The molecule has 1 saturated heterocycles.